The Labute approximate surface area is 104 Å². The van der Waals surface area contributed by atoms with Crippen molar-refractivity contribution in [2.24, 2.45) is 0 Å². The summed E-state index contributed by atoms with van der Waals surface area (Å²) in [5, 5.41) is 23.2. The van der Waals surface area contributed by atoms with Gasteiger partial charge < -0.3 is 15.5 Å². The lowest BCUT2D eigenvalue weighted by Gasteiger charge is -2.33. The van der Waals surface area contributed by atoms with Crippen LogP contribution in [-0.2, 0) is 10.4 Å². The van der Waals surface area contributed by atoms with Gasteiger partial charge in [-0.1, -0.05) is 36.4 Å². The van der Waals surface area contributed by atoms with Gasteiger partial charge in [0, 0.05) is 22.5 Å². The molecule has 3 rings (SSSR count). The predicted molar refractivity (Wildman–Crippen MR) is 66.8 cm³/mol. The van der Waals surface area contributed by atoms with Gasteiger partial charge in [0.15, 0.2) is 0 Å². The molecule has 1 aliphatic heterocycles. The minimum absolute atomic E-state index is 0.358. The van der Waals surface area contributed by atoms with E-state index in [1.165, 1.54) is 0 Å². The lowest BCUT2D eigenvalue weighted by atomic mass is 9.81. The van der Waals surface area contributed by atoms with E-state index in [-0.39, 0.29) is 0 Å². The monoisotopic (exact) mass is 241 g/mol. The summed E-state index contributed by atoms with van der Waals surface area (Å²) in [6.45, 7) is 0. The zero-order valence-corrected chi connectivity index (χ0v) is 9.42. The van der Waals surface area contributed by atoms with Crippen molar-refractivity contribution in [1.29, 1.82) is 0 Å². The van der Waals surface area contributed by atoms with E-state index in [0.29, 0.717) is 22.5 Å². The number of carboxylic acid groups (broad SMARTS) is 1. The highest BCUT2D eigenvalue weighted by Crippen LogP contribution is 2.43. The molecular formula is C14H11NO3. The topological polar surface area (TPSA) is 69.6 Å². The first-order chi connectivity index (χ1) is 8.64. The third-order valence-electron chi connectivity index (χ3n) is 3.21. The van der Waals surface area contributed by atoms with Crippen molar-refractivity contribution in [3.63, 3.8) is 0 Å². The number of para-hydroxylation sites is 2. The molecule has 1 heterocycles. The molecule has 0 fully saturated rings. The number of nitrogens with one attached hydrogen (secondary N) is 1. The molecule has 0 spiro atoms. The van der Waals surface area contributed by atoms with Crippen molar-refractivity contribution in [2.75, 3.05) is 5.32 Å². The zero-order valence-electron chi connectivity index (χ0n) is 9.42. The minimum Gasteiger partial charge on any atom is -0.479 e. The van der Waals surface area contributed by atoms with E-state index in [0.717, 1.165) is 0 Å². The molecule has 18 heavy (non-hydrogen) atoms. The van der Waals surface area contributed by atoms with Crippen LogP contribution in [0.4, 0.5) is 11.4 Å². The molecule has 4 nitrogen and oxygen atoms in total. The van der Waals surface area contributed by atoms with Crippen molar-refractivity contribution in [1.82, 2.24) is 0 Å². The SMILES string of the molecule is O=C(O)C1(O)c2ccccc2Nc2ccccc21. The molecule has 90 valence electrons. The van der Waals surface area contributed by atoms with Crippen molar-refractivity contribution in [2.45, 2.75) is 5.60 Å². The van der Waals surface area contributed by atoms with E-state index < -0.39 is 11.6 Å². The number of benzene rings is 2. The normalized spacial score (nSPS) is 15.2. The molecule has 0 aromatic heterocycles. The number of anilines is 2. The summed E-state index contributed by atoms with van der Waals surface area (Å²) in [6.07, 6.45) is 0. The van der Waals surface area contributed by atoms with Crippen LogP contribution in [0, 0.1) is 0 Å². The number of carboxylic acids is 1. The van der Waals surface area contributed by atoms with Gasteiger partial charge in [-0.2, -0.15) is 0 Å². The Balaban J connectivity index is 2.34. The molecule has 2 aromatic rings. The van der Waals surface area contributed by atoms with Crippen LogP contribution in [0.25, 0.3) is 0 Å². The van der Waals surface area contributed by atoms with Gasteiger partial charge >= 0.3 is 5.97 Å². The molecule has 0 bridgehead atoms. The Kier molecular flexibility index (Phi) is 2.15. The summed E-state index contributed by atoms with van der Waals surface area (Å²) in [6, 6.07) is 13.7. The Morgan fingerprint density at radius 3 is 1.83 bits per heavy atom. The molecule has 0 amide bonds. The molecule has 1 aliphatic rings. The van der Waals surface area contributed by atoms with Crippen molar-refractivity contribution >= 4 is 17.3 Å². The molecule has 0 aliphatic carbocycles. The molecule has 0 radical (unpaired) electrons. The minimum atomic E-state index is -2.00. The standard InChI is InChI=1S/C14H11NO3/c16-13(17)14(18)9-5-1-3-7-11(9)15-12-8-4-2-6-10(12)14/h1-8,15,18H,(H,16,17). The first-order valence-corrected chi connectivity index (χ1v) is 5.56. The van der Waals surface area contributed by atoms with Gasteiger partial charge in [0.2, 0.25) is 5.60 Å². The van der Waals surface area contributed by atoms with Crippen LogP contribution in [0.3, 0.4) is 0 Å². The summed E-state index contributed by atoms with van der Waals surface area (Å²) >= 11 is 0. The number of fused-ring (bicyclic) bond motifs is 2. The second-order valence-corrected chi connectivity index (χ2v) is 4.23. The van der Waals surface area contributed by atoms with Crippen LogP contribution >= 0.6 is 0 Å². The predicted octanol–water partition coefficient (Wildman–Crippen LogP) is 2.06. The second kappa shape index (κ2) is 3.58. The van der Waals surface area contributed by atoms with Crippen LogP contribution < -0.4 is 5.32 Å². The lowest BCUT2D eigenvalue weighted by molar-refractivity contribution is -0.155. The Bertz CT molecular complexity index is 591. The highest BCUT2D eigenvalue weighted by molar-refractivity contribution is 5.92. The molecule has 0 saturated carbocycles. The van der Waals surface area contributed by atoms with E-state index in [2.05, 4.69) is 5.32 Å². The smallest absolute Gasteiger partial charge is 0.345 e. The van der Waals surface area contributed by atoms with Crippen molar-refractivity contribution in [3.8, 4) is 0 Å². The van der Waals surface area contributed by atoms with Crippen LogP contribution in [0.15, 0.2) is 48.5 Å². The molecule has 0 saturated heterocycles. The van der Waals surface area contributed by atoms with Gasteiger partial charge in [-0.25, -0.2) is 4.79 Å². The Hall–Kier alpha value is -2.33. The van der Waals surface area contributed by atoms with Gasteiger partial charge in [0.05, 0.1) is 0 Å². The number of hydrogen-bond acceptors (Lipinski definition) is 3. The van der Waals surface area contributed by atoms with Crippen LogP contribution in [0.2, 0.25) is 0 Å². The maximum absolute atomic E-state index is 11.5. The fraction of sp³-hybridized carbons (Fsp3) is 0.0714. The number of carbonyl (C=O) groups is 1. The van der Waals surface area contributed by atoms with Crippen molar-refractivity contribution in [3.05, 3.63) is 59.7 Å². The molecule has 2 aromatic carbocycles. The quantitative estimate of drug-likeness (QED) is 0.714. The summed E-state index contributed by atoms with van der Waals surface area (Å²) in [5.74, 6) is -1.27. The Morgan fingerprint density at radius 2 is 1.39 bits per heavy atom. The second-order valence-electron chi connectivity index (χ2n) is 4.23. The van der Waals surface area contributed by atoms with E-state index >= 15 is 0 Å². The number of aliphatic carboxylic acids is 1. The van der Waals surface area contributed by atoms with E-state index in [4.69, 9.17) is 0 Å². The number of aliphatic hydroxyl groups is 1. The summed E-state index contributed by atoms with van der Waals surface area (Å²) in [4.78, 5) is 11.5. The van der Waals surface area contributed by atoms with Gasteiger partial charge in [-0.05, 0) is 12.1 Å². The highest BCUT2D eigenvalue weighted by Gasteiger charge is 2.45. The molecule has 0 atom stereocenters. The molecule has 4 heteroatoms. The average Bonchev–Trinajstić information content (AvgIpc) is 2.39. The van der Waals surface area contributed by atoms with Gasteiger partial charge in [-0.15, -0.1) is 0 Å². The number of hydrogen-bond donors (Lipinski definition) is 3. The zero-order chi connectivity index (χ0) is 12.8. The van der Waals surface area contributed by atoms with Crippen LogP contribution in [0.1, 0.15) is 11.1 Å². The molecule has 3 N–H and O–H groups in total. The lowest BCUT2D eigenvalue weighted by Crippen LogP contribution is -2.40. The van der Waals surface area contributed by atoms with Gasteiger partial charge in [0.25, 0.3) is 0 Å². The largest absolute Gasteiger partial charge is 0.479 e. The maximum atomic E-state index is 11.5. The summed E-state index contributed by atoms with van der Waals surface area (Å²) in [7, 11) is 0. The fourth-order valence-corrected chi connectivity index (χ4v) is 2.34. The first-order valence-electron chi connectivity index (χ1n) is 5.56. The van der Waals surface area contributed by atoms with Crippen molar-refractivity contribution < 1.29 is 15.0 Å². The first kappa shape index (κ1) is 10.8. The Morgan fingerprint density at radius 1 is 0.944 bits per heavy atom. The summed E-state index contributed by atoms with van der Waals surface area (Å²) in [5.41, 5.74) is -0.0621. The third-order valence-corrected chi connectivity index (χ3v) is 3.21. The molecule has 0 unspecified atom stereocenters. The number of rotatable bonds is 1. The van der Waals surface area contributed by atoms with Gasteiger partial charge in [0.1, 0.15) is 0 Å². The molecular weight excluding hydrogens is 230 g/mol. The average molecular weight is 241 g/mol. The van der Waals surface area contributed by atoms with E-state index in [1.807, 2.05) is 0 Å². The van der Waals surface area contributed by atoms with Crippen LogP contribution in [-0.4, -0.2) is 16.2 Å². The van der Waals surface area contributed by atoms with E-state index in [1.54, 1.807) is 48.5 Å². The fourth-order valence-electron chi connectivity index (χ4n) is 2.34. The van der Waals surface area contributed by atoms with Crippen LogP contribution in [0.5, 0.6) is 0 Å². The third kappa shape index (κ3) is 1.26. The highest BCUT2D eigenvalue weighted by atomic mass is 16.4. The van der Waals surface area contributed by atoms with Gasteiger partial charge in [-0.3, -0.25) is 0 Å². The maximum Gasteiger partial charge on any atom is 0.345 e. The summed E-state index contributed by atoms with van der Waals surface area (Å²) < 4.78 is 0. The van der Waals surface area contributed by atoms with E-state index in [9.17, 15) is 15.0 Å².